The van der Waals surface area contributed by atoms with Gasteiger partial charge in [0.15, 0.2) is 0 Å². The molecule has 21 heavy (non-hydrogen) atoms. The third-order valence-corrected chi connectivity index (χ3v) is 5.11. The second-order valence-electron chi connectivity index (χ2n) is 6.36. The largest absolute Gasteiger partial charge is 0.496 e. The Labute approximate surface area is 136 Å². The molecule has 0 bridgehead atoms. The Morgan fingerprint density at radius 3 is 2.67 bits per heavy atom. The first kappa shape index (κ1) is 15.3. The number of nitrogens with zero attached hydrogens (tertiary/aromatic N) is 1. The first-order chi connectivity index (χ1) is 10.2. The van der Waals surface area contributed by atoms with Crippen LogP contribution in [0, 0.1) is 5.92 Å². The predicted molar refractivity (Wildman–Crippen MR) is 89.7 cm³/mol. The summed E-state index contributed by atoms with van der Waals surface area (Å²) < 4.78 is 6.60. The summed E-state index contributed by atoms with van der Waals surface area (Å²) in [4.78, 5) is 2.55. The molecule has 1 aliphatic carbocycles. The summed E-state index contributed by atoms with van der Waals surface area (Å²) in [5, 5.41) is 3.67. The Morgan fingerprint density at radius 1 is 1.24 bits per heavy atom. The maximum atomic E-state index is 5.48. The lowest BCUT2D eigenvalue weighted by atomic mass is 9.96. The Bertz CT molecular complexity index is 468. The van der Waals surface area contributed by atoms with E-state index in [1.807, 2.05) is 12.1 Å². The van der Waals surface area contributed by atoms with Crippen molar-refractivity contribution in [3.63, 3.8) is 0 Å². The highest BCUT2D eigenvalue weighted by molar-refractivity contribution is 9.10. The highest BCUT2D eigenvalue weighted by atomic mass is 79.9. The van der Waals surface area contributed by atoms with Crippen molar-refractivity contribution < 1.29 is 4.74 Å². The molecule has 1 heterocycles. The first-order valence-corrected chi connectivity index (χ1v) is 8.82. The standard InChI is InChI=1S/C17H25BrN2O/c1-21-17-5-2-15(18)10-14(17)12-20-8-6-13(7-9-20)11-19-16-3-4-16/h2,5,10,13,16,19H,3-4,6-9,11-12H2,1H3. The molecule has 0 amide bonds. The molecule has 1 N–H and O–H groups in total. The molecule has 1 aliphatic heterocycles. The number of likely N-dealkylation sites (tertiary alicyclic amines) is 1. The quantitative estimate of drug-likeness (QED) is 0.848. The number of methoxy groups -OCH3 is 1. The lowest BCUT2D eigenvalue weighted by molar-refractivity contribution is 0.173. The number of hydrogen-bond acceptors (Lipinski definition) is 3. The summed E-state index contributed by atoms with van der Waals surface area (Å²) in [5.74, 6) is 1.86. The van der Waals surface area contributed by atoms with Gasteiger partial charge in [0.25, 0.3) is 0 Å². The van der Waals surface area contributed by atoms with Crippen LogP contribution < -0.4 is 10.1 Å². The summed E-state index contributed by atoms with van der Waals surface area (Å²) >= 11 is 3.56. The van der Waals surface area contributed by atoms with Crippen LogP contribution in [0.3, 0.4) is 0 Å². The van der Waals surface area contributed by atoms with E-state index in [0.29, 0.717) is 0 Å². The molecule has 1 saturated carbocycles. The van der Waals surface area contributed by atoms with E-state index in [2.05, 4.69) is 32.2 Å². The monoisotopic (exact) mass is 352 g/mol. The molecule has 3 rings (SSSR count). The van der Waals surface area contributed by atoms with Gasteiger partial charge in [0, 0.05) is 22.6 Å². The third kappa shape index (κ3) is 4.44. The minimum atomic E-state index is 0.842. The summed E-state index contributed by atoms with van der Waals surface area (Å²) in [5.41, 5.74) is 1.28. The van der Waals surface area contributed by atoms with E-state index in [4.69, 9.17) is 4.74 Å². The lowest BCUT2D eigenvalue weighted by Crippen LogP contribution is -2.37. The van der Waals surface area contributed by atoms with Crippen LogP contribution in [-0.2, 0) is 6.54 Å². The molecular weight excluding hydrogens is 328 g/mol. The number of hydrogen-bond donors (Lipinski definition) is 1. The normalized spacial score (nSPS) is 20.7. The lowest BCUT2D eigenvalue weighted by Gasteiger charge is -2.32. The van der Waals surface area contributed by atoms with Gasteiger partial charge in [-0.05, 0) is 69.4 Å². The van der Waals surface area contributed by atoms with E-state index in [-0.39, 0.29) is 0 Å². The van der Waals surface area contributed by atoms with Crippen molar-refractivity contribution in [1.29, 1.82) is 0 Å². The van der Waals surface area contributed by atoms with Crippen molar-refractivity contribution in [2.24, 2.45) is 5.92 Å². The molecule has 0 unspecified atom stereocenters. The number of benzene rings is 1. The van der Waals surface area contributed by atoms with Crippen LogP contribution in [0.25, 0.3) is 0 Å². The van der Waals surface area contributed by atoms with Crippen molar-refractivity contribution >= 4 is 15.9 Å². The Kier molecular flexibility index (Phi) is 5.19. The van der Waals surface area contributed by atoms with Gasteiger partial charge in [-0.3, -0.25) is 4.90 Å². The van der Waals surface area contributed by atoms with Crippen LogP contribution in [0.15, 0.2) is 22.7 Å². The topological polar surface area (TPSA) is 24.5 Å². The van der Waals surface area contributed by atoms with E-state index >= 15 is 0 Å². The molecule has 4 heteroatoms. The van der Waals surface area contributed by atoms with E-state index in [1.165, 1.54) is 50.9 Å². The Morgan fingerprint density at radius 2 is 2.00 bits per heavy atom. The predicted octanol–water partition coefficient (Wildman–Crippen LogP) is 3.42. The van der Waals surface area contributed by atoms with Crippen molar-refractivity contribution in [3.8, 4) is 5.75 Å². The molecule has 0 radical (unpaired) electrons. The zero-order valence-electron chi connectivity index (χ0n) is 12.8. The van der Waals surface area contributed by atoms with E-state index < -0.39 is 0 Å². The van der Waals surface area contributed by atoms with Crippen molar-refractivity contribution in [1.82, 2.24) is 10.2 Å². The Hall–Kier alpha value is -0.580. The van der Waals surface area contributed by atoms with Crippen LogP contribution in [0.2, 0.25) is 0 Å². The molecule has 0 atom stereocenters. The highest BCUT2D eigenvalue weighted by Gasteiger charge is 2.24. The van der Waals surface area contributed by atoms with E-state index in [0.717, 1.165) is 28.7 Å². The number of halogens is 1. The van der Waals surface area contributed by atoms with Gasteiger partial charge in [0.1, 0.15) is 5.75 Å². The average molecular weight is 353 g/mol. The van der Waals surface area contributed by atoms with Crippen LogP contribution in [0.4, 0.5) is 0 Å². The molecule has 0 spiro atoms. The van der Waals surface area contributed by atoms with Crippen LogP contribution in [-0.4, -0.2) is 37.7 Å². The summed E-state index contributed by atoms with van der Waals surface area (Å²) in [6, 6.07) is 7.11. The zero-order valence-corrected chi connectivity index (χ0v) is 14.4. The van der Waals surface area contributed by atoms with Gasteiger partial charge in [-0.15, -0.1) is 0 Å². The second kappa shape index (κ2) is 7.12. The van der Waals surface area contributed by atoms with Crippen molar-refractivity contribution in [2.75, 3.05) is 26.7 Å². The van der Waals surface area contributed by atoms with E-state index in [1.54, 1.807) is 7.11 Å². The SMILES string of the molecule is COc1ccc(Br)cc1CN1CCC(CNC2CC2)CC1. The fourth-order valence-corrected chi connectivity index (χ4v) is 3.49. The fourth-order valence-electron chi connectivity index (χ4n) is 3.08. The van der Waals surface area contributed by atoms with Gasteiger partial charge in [0.2, 0.25) is 0 Å². The van der Waals surface area contributed by atoms with Gasteiger partial charge < -0.3 is 10.1 Å². The van der Waals surface area contributed by atoms with E-state index in [9.17, 15) is 0 Å². The number of piperidine rings is 1. The van der Waals surface area contributed by atoms with Gasteiger partial charge >= 0.3 is 0 Å². The minimum Gasteiger partial charge on any atom is -0.496 e. The Balaban J connectivity index is 1.49. The third-order valence-electron chi connectivity index (χ3n) is 4.62. The van der Waals surface area contributed by atoms with Crippen LogP contribution in [0.1, 0.15) is 31.2 Å². The highest BCUT2D eigenvalue weighted by Crippen LogP contribution is 2.27. The molecule has 1 aromatic rings. The molecule has 116 valence electrons. The van der Waals surface area contributed by atoms with Gasteiger partial charge in [0.05, 0.1) is 7.11 Å². The maximum absolute atomic E-state index is 5.48. The maximum Gasteiger partial charge on any atom is 0.123 e. The van der Waals surface area contributed by atoms with Crippen molar-refractivity contribution in [2.45, 2.75) is 38.3 Å². The van der Waals surface area contributed by atoms with Crippen LogP contribution >= 0.6 is 15.9 Å². The number of rotatable bonds is 6. The minimum absolute atomic E-state index is 0.842. The molecule has 2 fully saturated rings. The van der Waals surface area contributed by atoms with Crippen molar-refractivity contribution in [3.05, 3.63) is 28.2 Å². The van der Waals surface area contributed by atoms with Gasteiger partial charge in [-0.2, -0.15) is 0 Å². The summed E-state index contributed by atoms with van der Waals surface area (Å²) in [7, 11) is 1.75. The van der Waals surface area contributed by atoms with Crippen LogP contribution in [0.5, 0.6) is 5.75 Å². The molecule has 1 saturated heterocycles. The summed E-state index contributed by atoms with van der Waals surface area (Å²) in [6.45, 7) is 4.61. The summed E-state index contributed by atoms with van der Waals surface area (Å²) in [6.07, 6.45) is 5.41. The fraction of sp³-hybridized carbons (Fsp3) is 0.647. The second-order valence-corrected chi connectivity index (χ2v) is 7.27. The smallest absolute Gasteiger partial charge is 0.123 e. The van der Waals surface area contributed by atoms with Gasteiger partial charge in [-0.1, -0.05) is 15.9 Å². The number of nitrogens with one attached hydrogen (secondary N) is 1. The van der Waals surface area contributed by atoms with Gasteiger partial charge in [-0.25, -0.2) is 0 Å². The molecule has 0 aromatic heterocycles. The molecule has 3 nitrogen and oxygen atoms in total. The number of ether oxygens (including phenoxy) is 1. The average Bonchev–Trinajstić information content (AvgIpc) is 3.31. The zero-order chi connectivity index (χ0) is 14.7. The first-order valence-electron chi connectivity index (χ1n) is 8.03. The molecule has 2 aliphatic rings. The molecule has 1 aromatic carbocycles. The molecular formula is C17H25BrN2O.